The highest BCUT2D eigenvalue weighted by Gasteiger charge is 2.63. The number of carbonyl (C=O) groups is 1. The molecule has 2 saturated heterocycles. The number of allylic oxidation sites excluding steroid dienone is 2. The van der Waals surface area contributed by atoms with Gasteiger partial charge in [0.1, 0.15) is 0 Å². The minimum absolute atomic E-state index is 0.0235. The van der Waals surface area contributed by atoms with Gasteiger partial charge in [-0.15, -0.1) is 0 Å². The summed E-state index contributed by atoms with van der Waals surface area (Å²) in [5, 5.41) is 10.3. The van der Waals surface area contributed by atoms with E-state index in [-0.39, 0.29) is 36.0 Å². The zero-order valence-corrected chi connectivity index (χ0v) is 21.9. The summed E-state index contributed by atoms with van der Waals surface area (Å²) in [6, 6.07) is -0.531. The lowest BCUT2D eigenvalue weighted by Gasteiger charge is -2.49. The first-order valence-corrected chi connectivity index (χ1v) is 14.0. The molecule has 2 heterocycles. The largest absolute Gasteiger partial charge is 0.471 e. The maximum atomic E-state index is 13.5. The number of aliphatic hydroxyl groups excluding tert-OH is 1. The Morgan fingerprint density at radius 3 is 2.67 bits per heavy atom. The van der Waals surface area contributed by atoms with Gasteiger partial charge in [0.25, 0.3) is 0 Å². The van der Waals surface area contributed by atoms with Gasteiger partial charge in [0.05, 0.1) is 23.9 Å². The van der Waals surface area contributed by atoms with Gasteiger partial charge in [-0.2, -0.15) is 13.2 Å². The van der Waals surface area contributed by atoms with Crippen molar-refractivity contribution in [2.45, 2.75) is 109 Å². The average molecular weight is 508 g/mol. The van der Waals surface area contributed by atoms with Crippen molar-refractivity contribution in [2.24, 2.45) is 35.0 Å². The minimum Gasteiger partial charge on any atom is -0.393 e. The van der Waals surface area contributed by atoms with E-state index in [1.807, 2.05) is 13.8 Å². The molecule has 0 aromatic rings. The number of rotatable bonds is 0. The molecule has 0 radical (unpaired) electrons. The lowest BCUT2D eigenvalue weighted by atomic mass is 9.56. The van der Waals surface area contributed by atoms with Gasteiger partial charge in [-0.05, 0) is 93.0 Å². The molecule has 0 unspecified atom stereocenters. The maximum absolute atomic E-state index is 13.5. The van der Waals surface area contributed by atoms with Gasteiger partial charge in [0, 0.05) is 12.5 Å². The second kappa shape index (κ2) is 8.08. The Labute approximate surface area is 212 Å². The number of likely N-dealkylation sites (tertiary alicyclic amines) is 1. The van der Waals surface area contributed by atoms with Crippen LogP contribution in [0.25, 0.3) is 0 Å². The van der Waals surface area contributed by atoms with Crippen LogP contribution in [0.2, 0.25) is 0 Å². The number of hydrogen-bond acceptors (Lipinski definition) is 3. The number of hydrogen-bond donors (Lipinski definition) is 1. The monoisotopic (exact) mass is 507 g/mol. The molecule has 0 aromatic carbocycles. The van der Waals surface area contributed by atoms with Crippen LogP contribution < -0.4 is 0 Å². The summed E-state index contributed by atoms with van der Waals surface area (Å²) in [6.45, 7) is 8.66. The van der Waals surface area contributed by atoms with Crippen molar-refractivity contribution in [3.8, 4) is 0 Å². The van der Waals surface area contributed by atoms with Gasteiger partial charge >= 0.3 is 12.1 Å². The van der Waals surface area contributed by atoms with Gasteiger partial charge < -0.3 is 14.7 Å². The molecule has 10 atom stereocenters. The van der Waals surface area contributed by atoms with Crippen LogP contribution in [0.1, 0.15) is 79.1 Å². The second-order valence-corrected chi connectivity index (χ2v) is 13.2. The summed E-state index contributed by atoms with van der Waals surface area (Å²) in [6.07, 6.45) is 4.24. The van der Waals surface area contributed by atoms with E-state index >= 15 is 0 Å². The van der Waals surface area contributed by atoms with E-state index in [1.54, 1.807) is 0 Å². The third-order valence-corrected chi connectivity index (χ3v) is 11.5. The van der Waals surface area contributed by atoms with Crippen LogP contribution in [0.4, 0.5) is 13.2 Å². The molecule has 4 nitrogen and oxygen atoms in total. The Balaban J connectivity index is 1.34. The first-order chi connectivity index (χ1) is 16.9. The van der Waals surface area contributed by atoms with Gasteiger partial charge in [0.15, 0.2) is 0 Å². The van der Waals surface area contributed by atoms with Crippen molar-refractivity contribution >= 4 is 5.91 Å². The number of nitrogens with zero attached hydrogens (tertiary/aromatic N) is 1. The minimum atomic E-state index is -4.86. The highest BCUT2D eigenvalue weighted by Crippen LogP contribution is 2.65. The molecule has 1 spiro atoms. The van der Waals surface area contributed by atoms with Crippen LogP contribution >= 0.6 is 0 Å². The van der Waals surface area contributed by atoms with Crippen molar-refractivity contribution < 1.29 is 27.8 Å². The number of amides is 1. The molecule has 6 aliphatic rings. The Hall–Kier alpha value is -1.34. The molecule has 200 valence electrons. The first kappa shape index (κ1) is 25.0. The van der Waals surface area contributed by atoms with Crippen molar-refractivity contribution in [1.29, 1.82) is 0 Å². The average Bonchev–Trinajstić information content (AvgIpc) is 3.32. The van der Waals surface area contributed by atoms with Crippen LogP contribution in [0.5, 0.6) is 0 Å². The fraction of sp³-hybridized carbons (Fsp3) is 0.828. The van der Waals surface area contributed by atoms with E-state index in [9.17, 15) is 23.1 Å². The van der Waals surface area contributed by atoms with E-state index in [1.165, 1.54) is 16.7 Å². The number of fused-ring (bicyclic) bond motifs is 6. The lowest BCUT2D eigenvalue weighted by Crippen LogP contribution is -2.57. The summed E-state index contributed by atoms with van der Waals surface area (Å²) in [4.78, 5) is 13.6. The highest BCUT2D eigenvalue weighted by molar-refractivity contribution is 5.82. The topological polar surface area (TPSA) is 49.8 Å². The summed E-state index contributed by atoms with van der Waals surface area (Å²) < 4.78 is 47.4. The SMILES string of the molecule is CC1=C2C[C@H]3[C@@H](CC=C4C[C@@H](O)CC[C@@]43C)[C@@H]2CC[C@]12O[C@@H]1C[C@H](C)CN(C(=O)C(F)(F)F)[C@H]1[C@H]2C. The van der Waals surface area contributed by atoms with Crippen molar-refractivity contribution in [2.75, 3.05) is 6.54 Å². The van der Waals surface area contributed by atoms with Gasteiger partial charge in [-0.1, -0.05) is 38.0 Å². The Morgan fingerprint density at radius 2 is 1.94 bits per heavy atom. The molecular formula is C29H40F3NO3. The van der Waals surface area contributed by atoms with E-state index < -0.39 is 23.7 Å². The number of ether oxygens (including phenoxy) is 1. The summed E-state index contributed by atoms with van der Waals surface area (Å²) in [5.41, 5.74) is 3.69. The highest BCUT2D eigenvalue weighted by atomic mass is 19.4. The molecule has 2 saturated carbocycles. The first-order valence-electron chi connectivity index (χ1n) is 14.0. The third kappa shape index (κ3) is 3.36. The number of piperidine rings is 1. The predicted octanol–water partition coefficient (Wildman–Crippen LogP) is 5.80. The van der Waals surface area contributed by atoms with Crippen LogP contribution in [0.3, 0.4) is 0 Å². The number of carbonyl (C=O) groups excluding carboxylic acids is 1. The zero-order valence-electron chi connectivity index (χ0n) is 21.9. The molecule has 1 N–H and O–H groups in total. The molecule has 0 aromatic heterocycles. The molecular weight excluding hydrogens is 467 g/mol. The smallest absolute Gasteiger partial charge is 0.393 e. The van der Waals surface area contributed by atoms with Crippen LogP contribution in [-0.2, 0) is 9.53 Å². The van der Waals surface area contributed by atoms with E-state index in [0.29, 0.717) is 24.2 Å². The number of alkyl halides is 3. The fourth-order valence-electron chi connectivity index (χ4n) is 9.72. The number of halogens is 3. The van der Waals surface area contributed by atoms with Crippen LogP contribution in [0.15, 0.2) is 22.8 Å². The number of aliphatic hydroxyl groups is 1. The van der Waals surface area contributed by atoms with E-state index in [0.717, 1.165) is 49.8 Å². The molecule has 6 rings (SSSR count). The van der Waals surface area contributed by atoms with Gasteiger partial charge in [-0.25, -0.2) is 0 Å². The molecule has 0 bridgehead atoms. The fourth-order valence-corrected chi connectivity index (χ4v) is 9.72. The maximum Gasteiger partial charge on any atom is 0.471 e. The predicted molar refractivity (Wildman–Crippen MR) is 130 cm³/mol. The Morgan fingerprint density at radius 1 is 1.19 bits per heavy atom. The summed E-state index contributed by atoms with van der Waals surface area (Å²) in [7, 11) is 0. The van der Waals surface area contributed by atoms with Gasteiger partial charge in [-0.3, -0.25) is 4.79 Å². The van der Waals surface area contributed by atoms with Crippen molar-refractivity contribution in [1.82, 2.24) is 4.90 Å². The molecule has 1 amide bonds. The van der Waals surface area contributed by atoms with Crippen molar-refractivity contribution in [3.05, 3.63) is 22.8 Å². The normalized spacial score (nSPS) is 48.3. The van der Waals surface area contributed by atoms with E-state index in [4.69, 9.17) is 4.74 Å². The molecule has 7 heteroatoms. The third-order valence-electron chi connectivity index (χ3n) is 11.5. The molecule has 4 aliphatic carbocycles. The molecule has 36 heavy (non-hydrogen) atoms. The molecule has 2 aliphatic heterocycles. The van der Waals surface area contributed by atoms with Crippen molar-refractivity contribution in [3.63, 3.8) is 0 Å². The quantitative estimate of drug-likeness (QED) is 0.422. The van der Waals surface area contributed by atoms with Gasteiger partial charge in [0.2, 0.25) is 0 Å². The van der Waals surface area contributed by atoms with Crippen LogP contribution in [0, 0.1) is 35.0 Å². The molecule has 4 fully saturated rings. The van der Waals surface area contributed by atoms with Crippen LogP contribution in [-0.4, -0.2) is 52.5 Å². The van der Waals surface area contributed by atoms with E-state index in [2.05, 4.69) is 19.9 Å². The summed E-state index contributed by atoms with van der Waals surface area (Å²) >= 11 is 0. The zero-order chi connectivity index (χ0) is 25.8. The Kier molecular flexibility index (Phi) is 5.60. The Bertz CT molecular complexity index is 1020. The lowest BCUT2D eigenvalue weighted by molar-refractivity contribution is -0.192. The second-order valence-electron chi connectivity index (χ2n) is 13.2. The summed E-state index contributed by atoms with van der Waals surface area (Å²) in [5.74, 6) is -0.257. The standard InChI is InChI=1S/C29H40F3NO3/c1-15-11-24-25(33(14-15)26(35)29(30,31)32)17(3)28(36-24)10-8-20-21-6-5-18-12-19(34)7-9-27(18,4)23(21)13-22(20)16(28)2/h5,15,17,19-21,23-25,34H,6-14H2,1-4H3/t15-,17+,19-,20-,21-,23-,24+,25-,27-,28-/m0/s1.